The van der Waals surface area contributed by atoms with Gasteiger partial charge in [0.2, 0.25) is 5.91 Å². The molecule has 2 aliphatic rings. The largest absolute Gasteiger partial charge is 0.378 e. The molecule has 0 saturated carbocycles. The van der Waals surface area contributed by atoms with Gasteiger partial charge in [0.05, 0.1) is 36.2 Å². The van der Waals surface area contributed by atoms with Crippen molar-refractivity contribution >= 4 is 27.7 Å². The molecule has 5 aromatic rings. The summed E-state index contributed by atoms with van der Waals surface area (Å²) in [5, 5.41) is 5.90. The third-order valence-electron chi connectivity index (χ3n) is 9.50. The van der Waals surface area contributed by atoms with Gasteiger partial charge in [0.25, 0.3) is 0 Å². The Kier molecular flexibility index (Phi) is 9.60. The van der Waals surface area contributed by atoms with Crippen molar-refractivity contribution in [3.05, 3.63) is 102 Å². The number of nitrogens with zero attached hydrogens (tertiary/aromatic N) is 6. The van der Waals surface area contributed by atoms with Gasteiger partial charge in [-0.2, -0.15) is 0 Å². The van der Waals surface area contributed by atoms with E-state index in [9.17, 15) is 4.79 Å². The molecule has 9 nitrogen and oxygen atoms in total. The molecule has 1 fully saturated rings. The topological polar surface area (TPSA) is 88.4 Å². The Balaban J connectivity index is 1.17. The number of pyridine rings is 3. The van der Waals surface area contributed by atoms with Crippen LogP contribution >= 0.6 is 0 Å². The lowest BCUT2D eigenvalue weighted by molar-refractivity contribution is -0.135. The van der Waals surface area contributed by atoms with Gasteiger partial charge < -0.3 is 19.5 Å². The molecular formula is C37H43N7O2. The molecule has 1 amide bonds. The van der Waals surface area contributed by atoms with Gasteiger partial charge >= 0.3 is 0 Å². The van der Waals surface area contributed by atoms with Gasteiger partial charge in [0, 0.05) is 67.3 Å². The molecule has 0 unspecified atom stereocenters. The highest BCUT2D eigenvalue weighted by molar-refractivity contribution is 6.09. The van der Waals surface area contributed by atoms with Crippen LogP contribution in [0.2, 0.25) is 0 Å². The average molecular weight is 618 g/mol. The molecule has 9 heteroatoms. The number of amides is 1. The highest BCUT2D eigenvalue weighted by Crippen LogP contribution is 2.36. The highest BCUT2D eigenvalue weighted by atomic mass is 16.5. The Bertz CT molecular complexity index is 1770. The van der Waals surface area contributed by atoms with Crippen LogP contribution in [0.1, 0.15) is 54.2 Å². The van der Waals surface area contributed by atoms with Crippen molar-refractivity contribution in [2.75, 3.05) is 39.4 Å². The number of ether oxygens (including phenoxy) is 1. The molecule has 46 heavy (non-hydrogen) atoms. The molecular weight excluding hydrogens is 574 g/mol. The van der Waals surface area contributed by atoms with E-state index in [0.29, 0.717) is 39.4 Å². The van der Waals surface area contributed by atoms with Gasteiger partial charge in [0.15, 0.2) is 0 Å². The summed E-state index contributed by atoms with van der Waals surface area (Å²) in [7, 11) is 0. The third-order valence-corrected chi connectivity index (χ3v) is 9.50. The number of carbonyl (C=O) groups excluding carboxylic acids is 1. The van der Waals surface area contributed by atoms with E-state index >= 15 is 0 Å². The molecule has 0 bridgehead atoms. The van der Waals surface area contributed by atoms with E-state index in [1.165, 1.54) is 16.8 Å². The van der Waals surface area contributed by atoms with Gasteiger partial charge in [-0.15, -0.1) is 0 Å². The summed E-state index contributed by atoms with van der Waals surface area (Å²) in [4.78, 5) is 32.2. The molecule has 0 radical (unpaired) electrons. The molecule has 238 valence electrons. The lowest BCUT2D eigenvalue weighted by atomic mass is 9.90. The fourth-order valence-corrected chi connectivity index (χ4v) is 7.18. The summed E-state index contributed by atoms with van der Waals surface area (Å²) >= 11 is 0. The minimum absolute atomic E-state index is 0.127. The van der Waals surface area contributed by atoms with E-state index in [2.05, 4.69) is 74.4 Å². The standard InChI is InChI=1S/C37H43N7O2/c45-35(42-21-23-46-24-22-42)27-44-33-10-2-1-9-30(33)31-14-19-40-32(37(31)44)26-43(34-11-5-7-29-8-6-16-41-36(29)34)20-4-3-15-39-25-28-12-17-38-18-13-28/h1-2,6,8-10,12-14,16-19,34,39H,3-5,7,11,15,20-27H2/t34-/m0/s1. The number of morpholine rings is 1. The van der Waals surface area contributed by atoms with E-state index in [0.717, 1.165) is 79.2 Å². The van der Waals surface area contributed by atoms with Gasteiger partial charge in [-0.1, -0.05) is 24.3 Å². The highest BCUT2D eigenvalue weighted by Gasteiger charge is 2.29. The number of unbranched alkanes of at least 4 members (excludes halogenated alkanes) is 1. The smallest absolute Gasteiger partial charge is 0.242 e. The Morgan fingerprint density at radius 1 is 0.935 bits per heavy atom. The summed E-state index contributed by atoms with van der Waals surface area (Å²) in [6, 6.07) is 19.2. The van der Waals surface area contributed by atoms with Gasteiger partial charge in [-0.3, -0.25) is 24.6 Å². The zero-order valence-electron chi connectivity index (χ0n) is 26.5. The zero-order chi connectivity index (χ0) is 31.1. The van der Waals surface area contributed by atoms with Crippen molar-refractivity contribution in [3.63, 3.8) is 0 Å². The maximum atomic E-state index is 13.6. The molecule has 1 saturated heterocycles. The molecule has 1 aliphatic heterocycles. The van der Waals surface area contributed by atoms with Crippen LogP contribution in [0.15, 0.2) is 79.4 Å². The van der Waals surface area contributed by atoms with E-state index < -0.39 is 0 Å². The first kappa shape index (κ1) is 30.5. The van der Waals surface area contributed by atoms with Crippen LogP contribution in [0.5, 0.6) is 0 Å². The van der Waals surface area contributed by atoms with Gasteiger partial charge in [0.1, 0.15) is 6.54 Å². The normalized spacial score (nSPS) is 16.7. The molecule has 1 N–H and O–H groups in total. The number of para-hydroxylation sites is 1. The second kappa shape index (κ2) is 14.5. The number of benzene rings is 1. The quantitative estimate of drug-likeness (QED) is 0.191. The fourth-order valence-electron chi connectivity index (χ4n) is 7.18. The van der Waals surface area contributed by atoms with Crippen molar-refractivity contribution < 1.29 is 9.53 Å². The van der Waals surface area contributed by atoms with Crippen LogP contribution in [0.25, 0.3) is 21.8 Å². The fraction of sp³-hybridized carbons (Fsp3) is 0.405. The van der Waals surface area contributed by atoms with Crippen LogP contribution < -0.4 is 5.32 Å². The van der Waals surface area contributed by atoms with Crippen molar-refractivity contribution in [2.45, 2.75) is 57.8 Å². The maximum Gasteiger partial charge on any atom is 0.242 e. The minimum atomic E-state index is 0.127. The zero-order valence-corrected chi connectivity index (χ0v) is 26.5. The minimum Gasteiger partial charge on any atom is -0.378 e. The molecule has 1 aromatic carbocycles. The number of aromatic nitrogens is 4. The Labute approximate surface area is 270 Å². The van der Waals surface area contributed by atoms with E-state index in [1.54, 1.807) is 0 Å². The number of carbonyl (C=O) groups is 1. The number of aryl methyl sites for hydroxylation is 1. The van der Waals surface area contributed by atoms with Crippen molar-refractivity contribution in [2.24, 2.45) is 0 Å². The Hall–Kier alpha value is -4.18. The third kappa shape index (κ3) is 6.67. The molecule has 7 rings (SSSR count). The summed E-state index contributed by atoms with van der Waals surface area (Å²) < 4.78 is 7.72. The number of rotatable bonds is 12. The van der Waals surface area contributed by atoms with E-state index in [-0.39, 0.29) is 11.9 Å². The summed E-state index contributed by atoms with van der Waals surface area (Å²) in [6.07, 6.45) is 13.0. The Morgan fingerprint density at radius 2 is 1.80 bits per heavy atom. The summed E-state index contributed by atoms with van der Waals surface area (Å²) in [6.45, 7) is 6.22. The number of nitrogens with one attached hydrogen (secondary N) is 1. The van der Waals surface area contributed by atoms with Crippen LogP contribution in [-0.2, 0) is 35.6 Å². The number of fused-ring (bicyclic) bond motifs is 4. The summed E-state index contributed by atoms with van der Waals surface area (Å²) in [5.74, 6) is 0.127. The summed E-state index contributed by atoms with van der Waals surface area (Å²) in [5.41, 5.74) is 6.97. The first-order valence-electron chi connectivity index (χ1n) is 16.7. The first-order valence-corrected chi connectivity index (χ1v) is 16.7. The molecule has 1 aliphatic carbocycles. The second-order valence-corrected chi connectivity index (χ2v) is 12.4. The Morgan fingerprint density at radius 3 is 2.70 bits per heavy atom. The van der Waals surface area contributed by atoms with Crippen molar-refractivity contribution in [1.82, 2.24) is 34.6 Å². The first-order chi connectivity index (χ1) is 22.8. The number of hydrogen-bond acceptors (Lipinski definition) is 7. The predicted molar refractivity (Wildman–Crippen MR) is 180 cm³/mol. The van der Waals surface area contributed by atoms with Crippen molar-refractivity contribution in [3.8, 4) is 0 Å². The number of hydrogen-bond donors (Lipinski definition) is 1. The maximum absolute atomic E-state index is 13.6. The van der Waals surface area contributed by atoms with Gasteiger partial charge in [-0.25, -0.2) is 0 Å². The molecule has 0 spiro atoms. The molecule has 4 aromatic heterocycles. The van der Waals surface area contributed by atoms with Crippen LogP contribution in [0.3, 0.4) is 0 Å². The van der Waals surface area contributed by atoms with Crippen molar-refractivity contribution in [1.29, 1.82) is 0 Å². The monoisotopic (exact) mass is 617 g/mol. The van der Waals surface area contributed by atoms with Crippen LogP contribution in [-0.4, -0.2) is 74.6 Å². The molecule has 1 atom stereocenters. The average Bonchev–Trinajstić information content (AvgIpc) is 3.43. The van der Waals surface area contributed by atoms with E-state index in [4.69, 9.17) is 14.7 Å². The lowest BCUT2D eigenvalue weighted by Crippen LogP contribution is -2.42. The van der Waals surface area contributed by atoms with Gasteiger partial charge in [-0.05, 0) is 86.7 Å². The molecule has 5 heterocycles. The second-order valence-electron chi connectivity index (χ2n) is 12.4. The predicted octanol–water partition coefficient (Wildman–Crippen LogP) is 5.29. The van der Waals surface area contributed by atoms with Crippen LogP contribution in [0, 0.1) is 0 Å². The lowest BCUT2D eigenvalue weighted by Gasteiger charge is -2.35. The SMILES string of the molecule is O=C(Cn1c2ccccc2c2ccnc(CN(CCCCNCc3ccncc3)[C@H]3CCCc4cccnc43)c21)N1CCOCC1. The van der Waals surface area contributed by atoms with Crippen LogP contribution in [0.4, 0.5) is 0 Å². The van der Waals surface area contributed by atoms with E-state index in [1.807, 2.05) is 29.7 Å².